The SMILES string of the molecule is CC(C)(C)c1ccc(O[C@@H]2C=C[C@@H](OCc3ccccc3)[C@@H](COCc3ccccc3)O2)cc1. The van der Waals surface area contributed by atoms with Gasteiger partial charge in [-0.2, -0.15) is 0 Å². The van der Waals surface area contributed by atoms with Crippen LogP contribution in [0.2, 0.25) is 0 Å². The standard InChI is InChI=1S/C30H34O4/c1-30(2,3)25-14-16-26(17-15-25)33-29-19-18-27(32-21-24-12-8-5-9-13-24)28(34-29)22-31-20-23-10-6-4-7-11-23/h4-19,27-29H,20-22H2,1-3H3/t27-,28-,29+/m1/s1. The molecule has 0 N–H and O–H groups in total. The van der Waals surface area contributed by atoms with Gasteiger partial charge in [-0.15, -0.1) is 0 Å². The predicted molar refractivity (Wildman–Crippen MR) is 135 cm³/mol. The summed E-state index contributed by atoms with van der Waals surface area (Å²) in [5, 5.41) is 0. The van der Waals surface area contributed by atoms with Crippen LogP contribution in [0, 0.1) is 0 Å². The Hall–Kier alpha value is -2.92. The molecule has 0 spiro atoms. The van der Waals surface area contributed by atoms with Gasteiger partial charge < -0.3 is 18.9 Å². The maximum Gasteiger partial charge on any atom is 0.220 e. The number of benzene rings is 3. The van der Waals surface area contributed by atoms with E-state index in [0.29, 0.717) is 19.8 Å². The third-order valence-corrected chi connectivity index (χ3v) is 5.78. The van der Waals surface area contributed by atoms with Gasteiger partial charge in [0.25, 0.3) is 0 Å². The van der Waals surface area contributed by atoms with E-state index in [1.54, 1.807) is 0 Å². The van der Waals surface area contributed by atoms with Crippen LogP contribution in [0.5, 0.6) is 5.75 Å². The van der Waals surface area contributed by atoms with Crippen molar-refractivity contribution in [1.29, 1.82) is 0 Å². The Balaban J connectivity index is 1.39. The van der Waals surface area contributed by atoms with Gasteiger partial charge in [0, 0.05) is 0 Å². The maximum atomic E-state index is 6.27. The largest absolute Gasteiger partial charge is 0.461 e. The molecule has 1 aliphatic heterocycles. The molecule has 4 nitrogen and oxygen atoms in total. The van der Waals surface area contributed by atoms with Crippen LogP contribution in [0.1, 0.15) is 37.5 Å². The molecule has 4 heteroatoms. The van der Waals surface area contributed by atoms with Crippen molar-refractivity contribution in [3.8, 4) is 5.75 Å². The highest BCUT2D eigenvalue weighted by Gasteiger charge is 2.29. The molecule has 3 aromatic rings. The molecule has 4 rings (SSSR count). The lowest BCUT2D eigenvalue weighted by Gasteiger charge is -2.32. The Morgan fingerprint density at radius 1 is 0.735 bits per heavy atom. The van der Waals surface area contributed by atoms with E-state index in [2.05, 4.69) is 57.2 Å². The van der Waals surface area contributed by atoms with E-state index in [1.807, 2.05) is 60.7 Å². The van der Waals surface area contributed by atoms with Gasteiger partial charge in [-0.1, -0.05) is 99.6 Å². The summed E-state index contributed by atoms with van der Waals surface area (Å²) >= 11 is 0. The molecular formula is C30H34O4. The van der Waals surface area contributed by atoms with Gasteiger partial charge in [0.2, 0.25) is 6.29 Å². The molecule has 3 atom stereocenters. The van der Waals surface area contributed by atoms with Crippen molar-refractivity contribution >= 4 is 0 Å². The zero-order valence-electron chi connectivity index (χ0n) is 20.2. The van der Waals surface area contributed by atoms with E-state index in [-0.39, 0.29) is 17.6 Å². The number of rotatable bonds is 9. The van der Waals surface area contributed by atoms with E-state index in [4.69, 9.17) is 18.9 Å². The molecule has 0 amide bonds. The van der Waals surface area contributed by atoms with Gasteiger partial charge in [0.15, 0.2) is 0 Å². The molecule has 0 saturated carbocycles. The first-order valence-corrected chi connectivity index (χ1v) is 11.9. The molecule has 34 heavy (non-hydrogen) atoms. The first-order chi connectivity index (χ1) is 16.5. The fourth-order valence-corrected chi connectivity index (χ4v) is 3.78. The van der Waals surface area contributed by atoms with Gasteiger partial charge in [-0.3, -0.25) is 0 Å². The van der Waals surface area contributed by atoms with Gasteiger partial charge in [0.05, 0.1) is 19.8 Å². The lowest BCUT2D eigenvalue weighted by atomic mass is 9.87. The molecular weight excluding hydrogens is 424 g/mol. The number of hydrogen-bond donors (Lipinski definition) is 0. The summed E-state index contributed by atoms with van der Waals surface area (Å²) in [4.78, 5) is 0. The summed E-state index contributed by atoms with van der Waals surface area (Å²) < 4.78 is 24.6. The zero-order valence-corrected chi connectivity index (χ0v) is 20.2. The van der Waals surface area contributed by atoms with Gasteiger partial charge in [-0.05, 0) is 40.3 Å². The lowest BCUT2D eigenvalue weighted by Crippen LogP contribution is -2.42. The summed E-state index contributed by atoms with van der Waals surface area (Å²) in [6, 6.07) is 28.5. The van der Waals surface area contributed by atoms with E-state index in [0.717, 1.165) is 16.9 Å². The van der Waals surface area contributed by atoms with Crippen LogP contribution in [-0.2, 0) is 32.8 Å². The van der Waals surface area contributed by atoms with Crippen molar-refractivity contribution in [1.82, 2.24) is 0 Å². The van der Waals surface area contributed by atoms with Crippen LogP contribution in [0.15, 0.2) is 97.1 Å². The van der Waals surface area contributed by atoms with Crippen LogP contribution in [-0.4, -0.2) is 25.1 Å². The fourth-order valence-electron chi connectivity index (χ4n) is 3.78. The van der Waals surface area contributed by atoms with Crippen LogP contribution in [0.4, 0.5) is 0 Å². The lowest BCUT2D eigenvalue weighted by molar-refractivity contribution is -0.165. The fraction of sp³-hybridized carbons (Fsp3) is 0.333. The Morgan fingerprint density at radius 3 is 1.97 bits per heavy atom. The molecule has 0 unspecified atom stereocenters. The Labute approximate surface area is 203 Å². The zero-order chi connectivity index (χ0) is 23.8. The highest BCUT2D eigenvalue weighted by atomic mass is 16.7. The van der Waals surface area contributed by atoms with Crippen LogP contribution >= 0.6 is 0 Å². The second-order valence-electron chi connectivity index (χ2n) is 9.58. The molecule has 178 valence electrons. The van der Waals surface area contributed by atoms with E-state index in [9.17, 15) is 0 Å². The Bertz CT molecular complexity index is 1020. The summed E-state index contributed by atoms with van der Waals surface area (Å²) in [6.45, 7) is 8.04. The molecule has 0 fully saturated rings. The third-order valence-electron chi connectivity index (χ3n) is 5.78. The van der Waals surface area contributed by atoms with E-state index < -0.39 is 6.29 Å². The maximum absolute atomic E-state index is 6.27. The summed E-state index contributed by atoms with van der Waals surface area (Å²) in [5.41, 5.74) is 3.62. The molecule has 0 aliphatic carbocycles. The second kappa shape index (κ2) is 11.5. The summed E-state index contributed by atoms with van der Waals surface area (Å²) in [5.74, 6) is 0.773. The van der Waals surface area contributed by atoms with Gasteiger partial charge >= 0.3 is 0 Å². The van der Waals surface area contributed by atoms with Crippen molar-refractivity contribution in [3.63, 3.8) is 0 Å². The van der Waals surface area contributed by atoms with Crippen LogP contribution in [0.3, 0.4) is 0 Å². The molecule has 0 aromatic heterocycles. The van der Waals surface area contributed by atoms with Crippen LogP contribution in [0.25, 0.3) is 0 Å². The Kier molecular flexibility index (Phi) is 8.17. The molecule has 3 aromatic carbocycles. The number of hydrogen-bond acceptors (Lipinski definition) is 4. The quantitative estimate of drug-likeness (QED) is 0.346. The minimum Gasteiger partial charge on any atom is -0.461 e. The average molecular weight is 459 g/mol. The van der Waals surface area contributed by atoms with Crippen molar-refractivity contribution in [2.45, 2.75) is 57.9 Å². The Morgan fingerprint density at radius 2 is 1.35 bits per heavy atom. The normalized spacial score (nSPS) is 20.3. The van der Waals surface area contributed by atoms with Crippen LogP contribution < -0.4 is 4.74 Å². The molecule has 0 saturated heterocycles. The minimum absolute atomic E-state index is 0.101. The predicted octanol–water partition coefficient (Wildman–Crippen LogP) is 6.45. The highest BCUT2D eigenvalue weighted by molar-refractivity contribution is 5.31. The van der Waals surface area contributed by atoms with Crippen molar-refractivity contribution < 1.29 is 18.9 Å². The molecule has 0 bridgehead atoms. The first kappa shape index (κ1) is 24.2. The molecule has 1 aliphatic rings. The number of ether oxygens (including phenoxy) is 4. The van der Waals surface area contributed by atoms with Crippen molar-refractivity contribution in [2.75, 3.05) is 6.61 Å². The van der Waals surface area contributed by atoms with E-state index >= 15 is 0 Å². The third kappa shape index (κ3) is 7.04. The van der Waals surface area contributed by atoms with Gasteiger partial charge in [-0.25, -0.2) is 0 Å². The smallest absolute Gasteiger partial charge is 0.220 e. The van der Waals surface area contributed by atoms with Gasteiger partial charge in [0.1, 0.15) is 18.0 Å². The average Bonchev–Trinajstić information content (AvgIpc) is 2.85. The molecule has 1 heterocycles. The minimum atomic E-state index is -0.498. The second-order valence-corrected chi connectivity index (χ2v) is 9.58. The topological polar surface area (TPSA) is 36.9 Å². The van der Waals surface area contributed by atoms with Crippen molar-refractivity contribution in [2.24, 2.45) is 0 Å². The first-order valence-electron chi connectivity index (χ1n) is 11.9. The summed E-state index contributed by atoms with van der Waals surface area (Å²) in [6.07, 6.45) is 2.94. The molecule has 0 radical (unpaired) electrons. The van der Waals surface area contributed by atoms with E-state index in [1.165, 1.54) is 5.56 Å². The monoisotopic (exact) mass is 458 g/mol. The summed E-state index contributed by atoms with van der Waals surface area (Å²) in [7, 11) is 0. The van der Waals surface area contributed by atoms with Crippen molar-refractivity contribution in [3.05, 3.63) is 114 Å². The highest BCUT2D eigenvalue weighted by Crippen LogP contribution is 2.26.